The summed E-state index contributed by atoms with van der Waals surface area (Å²) in [6.07, 6.45) is 3.54. The van der Waals surface area contributed by atoms with Gasteiger partial charge < -0.3 is 4.74 Å². The van der Waals surface area contributed by atoms with E-state index < -0.39 is 15.1 Å². The van der Waals surface area contributed by atoms with Crippen molar-refractivity contribution in [3.8, 4) is 0 Å². The second kappa shape index (κ2) is 9.38. The summed E-state index contributed by atoms with van der Waals surface area (Å²) < 4.78 is 32.0. The standard InChI is InChI=1S/C24H24O3S/c1-20-12-14-23(15-13-20)28(25,26)24(18-21-8-4-2-5-9-21)16-17-27-19-22-10-6-3-7-11-22/h2-17,24H,18-19H2,1H3/b17-16+. The lowest BCUT2D eigenvalue weighted by atomic mass is 10.1. The first-order valence-electron chi connectivity index (χ1n) is 9.22. The van der Waals surface area contributed by atoms with E-state index in [1.54, 1.807) is 18.2 Å². The van der Waals surface area contributed by atoms with Crippen LogP contribution in [0.15, 0.2) is 102 Å². The molecule has 0 aliphatic rings. The minimum Gasteiger partial charge on any atom is -0.497 e. The Hall–Kier alpha value is -2.85. The predicted octanol–water partition coefficient (Wildman–Crippen LogP) is 5.11. The molecule has 1 unspecified atom stereocenters. The Morgan fingerprint density at radius 1 is 0.821 bits per heavy atom. The lowest BCUT2D eigenvalue weighted by Crippen LogP contribution is -2.22. The van der Waals surface area contributed by atoms with Gasteiger partial charge in [0.1, 0.15) is 6.61 Å². The van der Waals surface area contributed by atoms with Gasteiger partial charge in [-0.25, -0.2) is 8.42 Å². The SMILES string of the molecule is Cc1ccc(S(=O)(=O)C(/C=C/OCc2ccccc2)Cc2ccccc2)cc1. The number of rotatable bonds is 8. The van der Waals surface area contributed by atoms with Crippen LogP contribution in [-0.2, 0) is 27.6 Å². The molecule has 0 saturated heterocycles. The van der Waals surface area contributed by atoms with Crippen molar-refractivity contribution in [3.63, 3.8) is 0 Å². The third kappa shape index (κ3) is 5.33. The van der Waals surface area contributed by atoms with Gasteiger partial charge in [-0.05, 0) is 42.7 Å². The number of sulfone groups is 1. The molecule has 0 heterocycles. The highest BCUT2D eigenvalue weighted by Gasteiger charge is 2.25. The van der Waals surface area contributed by atoms with E-state index >= 15 is 0 Å². The van der Waals surface area contributed by atoms with Crippen LogP contribution >= 0.6 is 0 Å². The van der Waals surface area contributed by atoms with E-state index in [1.807, 2.05) is 79.7 Å². The highest BCUT2D eigenvalue weighted by molar-refractivity contribution is 7.92. The molecule has 1 atom stereocenters. The molecule has 0 aromatic heterocycles. The van der Waals surface area contributed by atoms with Crippen molar-refractivity contribution in [2.45, 2.75) is 30.1 Å². The molecule has 0 N–H and O–H groups in total. The van der Waals surface area contributed by atoms with Crippen LogP contribution in [0.4, 0.5) is 0 Å². The first-order valence-corrected chi connectivity index (χ1v) is 10.8. The average Bonchev–Trinajstić information content (AvgIpc) is 2.72. The van der Waals surface area contributed by atoms with Crippen LogP contribution in [0.1, 0.15) is 16.7 Å². The molecular formula is C24H24O3S. The summed E-state index contributed by atoms with van der Waals surface area (Å²) in [5.41, 5.74) is 3.03. The Balaban J connectivity index is 1.80. The number of ether oxygens (including phenoxy) is 1. The third-order valence-corrected chi connectivity index (χ3v) is 6.56. The van der Waals surface area contributed by atoms with Crippen molar-refractivity contribution in [1.82, 2.24) is 0 Å². The first kappa shape index (κ1) is 19.9. The Morgan fingerprint density at radius 3 is 2.00 bits per heavy atom. The topological polar surface area (TPSA) is 43.4 Å². The normalized spacial score (nSPS) is 12.8. The molecule has 0 spiro atoms. The molecule has 3 aromatic carbocycles. The first-order chi connectivity index (χ1) is 13.6. The van der Waals surface area contributed by atoms with E-state index in [0.29, 0.717) is 17.9 Å². The second-order valence-electron chi connectivity index (χ2n) is 6.71. The van der Waals surface area contributed by atoms with E-state index in [9.17, 15) is 8.42 Å². The molecule has 0 amide bonds. The van der Waals surface area contributed by atoms with Gasteiger partial charge in [-0.1, -0.05) is 78.4 Å². The largest absolute Gasteiger partial charge is 0.497 e. The Kier molecular flexibility index (Phi) is 6.66. The fraction of sp³-hybridized carbons (Fsp3) is 0.167. The van der Waals surface area contributed by atoms with Crippen molar-refractivity contribution >= 4 is 9.84 Å². The molecule has 3 nitrogen and oxygen atoms in total. The molecule has 0 fully saturated rings. The van der Waals surface area contributed by atoms with E-state index in [1.165, 1.54) is 6.26 Å². The van der Waals surface area contributed by atoms with Crippen molar-refractivity contribution in [2.24, 2.45) is 0 Å². The smallest absolute Gasteiger partial charge is 0.185 e. The fourth-order valence-electron chi connectivity index (χ4n) is 2.89. The molecule has 28 heavy (non-hydrogen) atoms. The lowest BCUT2D eigenvalue weighted by Gasteiger charge is -2.15. The zero-order valence-corrected chi connectivity index (χ0v) is 16.7. The highest BCUT2D eigenvalue weighted by atomic mass is 32.2. The van der Waals surface area contributed by atoms with Crippen LogP contribution in [0.3, 0.4) is 0 Å². The summed E-state index contributed by atoms with van der Waals surface area (Å²) >= 11 is 0. The van der Waals surface area contributed by atoms with Crippen molar-refractivity contribution in [3.05, 3.63) is 114 Å². The Bertz CT molecular complexity index is 993. The van der Waals surface area contributed by atoms with Gasteiger partial charge in [0, 0.05) is 0 Å². The number of aryl methyl sites for hydroxylation is 1. The molecular weight excluding hydrogens is 368 g/mol. The van der Waals surface area contributed by atoms with Crippen molar-refractivity contribution < 1.29 is 13.2 Å². The minimum atomic E-state index is -3.53. The third-order valence-electron chi connectivity index (χ3n) is 4.51. The maximum Gasteiger partial charge on any atom is 0.185 e. The fourth-order valence-corrected chi connectivity index (χ4v) is 4.44. The summed E-state index contributed by atoms with van der Waals surface area (Å²) in [6.45, 7) is 2.34. The average molecular weight is 393 g/mol. The Morgan fingerprint density at radius 2 is 1.39 bits per heavy atom. The highest BCUT2D eigenvalue weighted by Crippen LogP contribution is 2.21. The molecule has 0 aliphatic heterocycles. The molecule has 0 bridgehead atoms. The molecule has 144 valence electrons. The van der Waals surface area contributed by atoms with Crippen LogP contribution in [0, 0.1) is 6.92 Å². The molecule has 0 radical (unpaired) electrons. The summed E-state index contributed by atoms with van der Waals surface area (Å²) in [5.74, 6) is 0. The van der Waals surface area contributed by atoms with Crippen LogP contribution in [0.5, 0.6) is 0 Å². The van der Waals surface area contributed by atoms with Gasteiger partial charge in [0.05, 0.1) is 16.4 Å². The molecule has 3 aromatic rings. The monoisotopic (exact) mass is 392 g/mol. The van der Waals surface area contributed by atoms with E-state index in [2.05, 4.69) is 0 Å². The molecule has 0 saturated carbocycles. The van der Waals surface area contributed by atoms with Gasteiger partial charge in [0.2, 0.25) is 0 Å². The van der Waals surface area contributed by atoms with Gasteiger partial charge in [-0.2, -0.15) is 0 Å². The number of hydrogen-bond acceptors (Lipinski definition) is 3. The summed E-state index contributed by atoms with van der Waals surface area (Å²) in [4.78, 5) is 0.326. The van der Waals surface area contributed by atoms with E-state index in [-0.39, 0.29) is 0 Å². The maximum absolute atomic E-state index is 13.2. The second-order valence-corrected chi connectivity index (χ2v) is 8.88. The van der Waals surface area contributed by atoms with Crippen LogP contribution < -0.4 is 0 Å². The molecule has 0 aliphatic carbocycles. The van der Waals surface area contributed by atoms with Crippen LogP contribution in [0.2, 0.25) is 0 Å². The van der Waals surface area contributed by atoms with Gasteiger partial charge in [0.25, 0.3) is 0 Å². The van der Waals surface area contributed by atoms with Gasteiger partial charge in [0.15, 0.2) is 9.84 Å². The van der Waals surface area contributed by atoms with Gasteiger partial charge in [-0.15, -0.1) is 0 Å². The van der Waals surface area contributed by atoms with Crippen molar-refractivity contribution in [2.75, 3.05) is 0 Å². The molecule has 4 heteroatoms. The van der Waals surface area contributed by atoms with E-state index in [4.69, 9.17) is 4.74 Å². The van der Waals surface area contributed by atoms with E-state index in [0.717, 1.165) is 16.7 Å². The summed E-state index contributed by atoms with van der Waals surface area (Å²) in [7, 11) is -3.53. The zero-order chi connectivity index (χ0) is 19.8. The predicted molar refractivity (Wildman–Crippen MR) is 113 cm³/mol. The quantitative estimate of drug-likeness (QED) is 0.500. The summed E-state index contributed by atoms with van der Waals surface area (Å²) in [5, 5.41) is -0.701. The number of benzene rings is 3. The van der Waals surface area contributed by atoms with Gasteiger partial charge >= 0.3 is 0 Å². The van der Waals surface area contributed by atoms with Crippen LogP contribution in [0.25, 0.3) is 0 Å². The number of hydrogen-bond donors (Lipinski definition) is 0. The Labute approximate surface area is 167 Å². The molecule has 3 rings (SSSR count). The zero-order valence-electron chi connectivity index (χ0n) is 15.9. The summed E-state index contributed by atoms with van der Waals surface area (Å²) in [6, 6.07) is 26.4. The van der Waals surface area contributed by atoms with Crippen LogP contribution in [-0.4, -0.2) is 13.7 Å². The van der Waals surface area contributed by atoms with Gasteiger partial charge in [-0.3, -0.25) is 0 Å². The van der Waals surface area contributed by atoms with Crippen molar-refractivity contribution in [1.29, 1.82) is 0 Å². The lowest BCUT2D eigenvalue weighted by molar-refractivity contribution is 0.235. The maximum atomic E-state index is 13.2. The minimum absolute atomic E-state index is 0.326.